The molecule has 170 valence electrons. The summed E-state index contributed by atoms with van der Waals surface area (Å²) in [5.41, 5.74) is -0.400. The Hall–Kier alpha value is -2.86. The molecule has 1 saturated heterocycles. The first-order chi connectivity index (χ1) is 15.3. The van der Waals surface area contributed by atoms with Crippen molar-refractivity contribution in [3.63, 3.8) is 0 Å². The van der Waals surface area contributed by atoms with Crippen molar-refractivity contribution in [2.24, 2.45) is 5.92 Å². The van der Waals surface area contributed by atoms with Crippen molar-refractivity contribution in [3.05, 3.63) is 30.1 Å². The van der Waals surface area contributed by atoms with Gasteiger partial charge in [0, 0.05) is 30.4 Å². The molecular formula is C23H26F3N5O. The number of aromatic nitrogens is 2. The first-order valence-electron chi connectivity index (χ1n) is 10.8. The van der Waals surface area contributed by atoms with E-state index in [4.69, 9.17) is 0 Å². The van der Waals surface area contributed by atoms with Crippen molar-refractivity contribution in [1.29, 1.82) is 0 Å². The van der Waals surface area contributed by atoms with Gasteiger partial charge in [0.25, 0.3) is 0 Å². The summed E-state index contributed by atoms with van der Waals surface area (Å²) >= 11 is 0. The number of carbonyl (C=O) groups is 1. The average Bonchev–Trinajstić information content (AvgIpc) is 2.74. The molecule has 6 nitrogen and oxygen atoms in total. The number of halogens is 3. The van der Waals surface area contributed by atoms with Crippen LogP contribution >= 0.6 is 0 Å². The maximum Gasteiger partial charge on any atom is 0.416 e. The van der Waals surface area contributed by atoms with Gasteiger partial charge in [-0.1, -0.05) is 0 Å². The highest BCUT2D eigenvalue weighted by molar-refractivity contribution is 5.91. The van der Waals surface area contributed by atoms with Crippen LogP contribution in [0.15, 0.2) is 24.5 Å². The van der Waals surface area contributed by atoms with Crippen LogP contribution in [0.2, 0.25) is 0 Å². The van der Waals surface area contributed by atoms with E-state index in [-0.39, 0.29) is 29.7 Å². The van der Waals surface area contributed by atoms with E-state index in [2.05, 4.69) is 37.3 Å². The molecule has 2 aromatic rings. The minimum atomic E-state index is -4.46. The number of nitrogens with zero attached hydrogens (tertiary/aromatic N) is 3. The molecule has 0 unspecified atom stereocenters. The molecule has 1 aromatic carbocycles. The standard InChI is InChI=1S/C23H26F3N5O/c1-2-3-15-4-7-18(8-5-15)31-12-17(13-31)30-21(32)11-27-22-19-10-16(23(24,25)26)6-9-20(19)28-14-29-22/h6,9-10,14-15,17-18H,4-5,7-8,11-13H2,1H3,(H,30,32)(H,27,28,29). The largest absolute Gasteiger partial charge is 0.416 e. The lowest BCUT2D eigenvalue weighted by atomic mass is 9.84. The highest BCUT2D eigenvalue weighted by Crippen LogP contribution is 2.32. The van der Waals surface area contributed by atoms with Crippen LogP contribution in [0.25, 0.3) is 10.9 Å². The van der Waals surface area contributed by atoms with Crippen LogP contribution in [0.3, 0.4) is 0 Å². The van der Waals surface area contributed by atoms with Crippen LogP contribution in [0.1, 0.15) is 38.2 Å². The van der Waals surface area contributed by atoms with Gasteiger partial charge in [-0.15, -0.1) is 11.8 Å². The molecule has 2 fully saturated rings. The Morgan fingerprint density at radius 1 is 1.19 bits per heavy atom. The second-order valence-electron chi connectivity index (χ2n) is 8.42. The fourth-order valence-corrected chi connectivity index (χ4v) is 4.51. The summed E-state index contributed by atoms with van der Waals surface area (Å²) in [7, 11) is 0. The Kier molecular flexibility index (Phi) is 6.51. The second kappa shape index (κ2) is 9.33. The van der Waals surface area contributed by atoms with Gasteiger partial charge in [0.2, 0.25) is 5.91 Å². The predicted molar refractivity (Wildman–Crippen MR) is 116 cm³/mol. The van der Waals surface area contributed by atoms with Gasteiger partial charge in [0.05, 0.1) is 23.7 Å². The highest BCUT2D eigenvalue weighted by Gasteiger charge is 2.35. The zero-order valence-electron chi connectivity index (χ0n) is 17.9. The van der Waals surface area contributed by atoms with Crippen molar-refractivity contribution >= 4 is 22.6 Å². The third-order valence-corrected chi connectivity index (χ3v) is 6.22. The third-order valence-electron chi connectivity index (χ3n) is 6.22. The van der Waals surface area contributed by atoms with Gasteiger partial charge in [0.15, 0.2) is 0 Å². The molecule has 1 aliphatic heterocycles. The Balaban J connectivity index is 1.26. The van der Waals surface area contributed by atoms with Crippen molar-refractivity contribution in [2.45, 2.75) is 50.9 Å². The summed E-state index contributed by atoms with van der Waals surface area (Å²) in [5, 5.41) is 6.06. The van der Waals surface area contributed by atoms with E-state index in [0.717, 1.165) is 50.9 Å². The molecule has 1 saturated carbocycles. The first kappa shape index (κ1) is 22.3. The number of rotatable bonds is 5. The Morgan fingerprint density at radius 3 is 2.62 bits per heavy atom. The van der Waals surface area contributed by atoms with Crippen molar-refractivity contribution < 1.29 is 18.0 Å². The fourth-order valence-electron chi connectivity index (χ4n) is 4.51. The van der Waals surface area contributed by atoms with Crippen LogP contribution in [-0.4, -0.2) is 52.5 Å². The fraction of sp³-hybridized carbons (Fsp3) is 0.522. The molecule has 0 atom stereocenters. The van der Waals surface area contributed by atoms with E-state index < -0.39 is 11.7 Å². The summed E-state index contributed by atoms with van der Waals surface area (Å²) in [4.78, 5) is 22.8. The van der Waals surface area contributed by atoms with E-state index in [0.29, 0.717) is 17.5 Å². The number of fused-ring (bicyclic) bond motifs is 1. The van der Waals surface area contributed by atoms with E-state index in [1.165, 1.54) is 12.4 Å². The van der Waals surface area contributed by atoms with E-state index >= 15 is 0 Å². The van der Waals surface area contributed by atoms with Gasteiger partial charge in [-0.3, -0.25) is 9.69 Å². The maximum atomic E-state index is 13.0. The van der Waals surface area contributed by atoms with Gasteiger partial charge in [-0.2, -0.15) is 13.2 Å². The smallest absolute Gasteiger partial charge is 0.360 e. The number of alkyl halides is 3. The first-order valence-corrected chi connectivity index (χ1v) is 10.8. The van der Waals surface area contributed by atoms with Crippen LogP contribution in [-0.2, 0) is 11.0 Å². The number of amides is 1. The molecule has 9 heteroatoms. The molecule has 0 bridgehead atoms. The van der Waals surface area contributed by atoms with Crippen molar-refractivity contribution in [2.75, 3.05) is 25.0 Å². The number of anilines is 1. The number of hydrogen-bond acceptors (Lipinski definition) is 5. The quantitative estimate of drug-likeness (QED) is 0.690. The zero-order chi connectivity index (χ0) is 22.7. The topological polar surface area (TPSA) is 70.2 Å². The Bertz CT molecular complexity index is 1030. The summed E-state index contributed by atoms with van der Waals surface area (Å²) in [5.74, 6) is 6.78. The van der Waals surface area contributed by atoms with E-state index in [1.54, 1.807) is 0 Å². The molecule has 1 aromatic heterocycles. The van der Waals surface area contributed by atoms with Crippen molar-refractivity contribution in [3.8, 4) is 11.8 Å². The van der Waals surface area contributed by atoms with Crippen molar-refractivity contribution in [1.82, 2.24) is 20.2 Å². The summed E-state index contributed by atoms with van der Waals surface area (Å²) in [6.45, 7) is 3.47. The third kappa shape index (κ3) is 5.13. The number of likely N-dealkylation sites (tertiary alicyclic amines) is 1. The molecular weight excluding hydrogens is 419 g/mol. The van der Waals surface area contributed by atoms with Gasteiger partial charge >= 0.3 is 6.18 Å². The lowest BCUT2D eigenvalue weighted by Gasteiger charge is -2.46. The summed E-state index contributed by atoms with van der Waals surface area (Å²) in [6.07, 6.45) is 1.35. The zero-order valence-corrected chi connectivity index (χ0v) is 17.9. The molecule has 1 amide bonds. The minimum absolute atomic E-state index is 0.0698. The lowest BCUT2D eigenvalue weighted by Crippen LogP contribution is -2.63. The normalized spacial score (nSPS) is 22.0. The van der Waals surface area contributed by atoms with Crippen LogP contribution in [0.4, 0.5) is 19.0 Å². The van der Waals surface area contributed by atoms with Gasteiger partial charge < -0.3 is 10.6 Å². The Morgan fingerprint density at radius 2 is 1.94 bits per heavy atom. The minimum Gasteiger partial charge on any atom is -0.360 e. The lowest BCUT2D eigenvalue weighted by molar-refractivity contribution is -0.137. The van der Waals surface area contributed by atoms with Crippen LogP contribution in [0, 0.1) is 17.8 Å². The molecule has 2 heterocycles. The van der Waals surface area contributed by atoms with Crippen LogP contribution in [0.5, 0.6) is 0 Å². The van der Waals surface area contributed by atoms with Gasteiger partial charge in [-0.05, 0) is 50.8 Å². The number of nitrogens with one attached hydrogen (secondary N) is 2. The second-order valence-corrected chi connectivity index (χ2v) is 8.42. The average molecular weight is 445 g/mol. The molecule has 32 heavy (non-hydrogen) atoms. The molecule has 4 rings (SSSR count). The molecule has 2 N–H and O–H groups in total. The molecule has 0 radical (unpaired) electrons. The Labute approximate surface area is 185 Å². The van der Waals surface area contributed by atoms with E-state index in [9.17, 15) is 18.0 Å². The van der Waals surface area contributed by atoms with Gasteiger partial charge in [0.1, 0.15) is 12.1 Å². The van der Waals surface area contributed by atoms with E-state index in [1.807, 2.05) is 6.92 Å². The number of benzene rings is 1. The number of carbonyl (C=O) groups excluding carboxylic acids is 1. The number of hydrogen-bond donors (Lipinski definition) is 2. The SMILES string of the molecule is CC#CC1CCC(N2CC(NC(=O)CNc3ncnc4ccc(C(F)(F)F)cc34)C2)CC1. The van der Waals surface area contributed by atoms with Crippen LogP contribution < -0.4 is 10.6 Å². The predicted octanol–water partition coefficient (Wildman–Crippen LogP) is 3.44. The van der Waals surface area contributed by atoms with Gasteiger partial charge in [-0.25, -0.2) is 9.97 Å². The molecule has 0 spiro atoms. The maximum absolute atomic E-state index is 13.0. The monoisotopic (exact) mass is 445 g/mol. The highest BCUT2D eigenvalue weighted by atomic mass is 19.4. The molecule has 2 aliphatic rings. The summed E-state index contributed by atoms with van der Waals surface area (Å²) in [6, 6.07) is 3.94. The summed E-state index contributed by atoms with van der Waals surface area (Å²) < 4.78 is 39.1. The molecule has 1 aliphatic carbocycles.